The number of benzene rings is 1. The van der Waals surface area contributed by atoms with Gasteiger partial charge in [-0.2, -0.15) is 0 Å². The molecule has 1 aromatic rings. The molecule has 1 saturated heterocycles. The van der Waals surface area contributed by atoms with E-state index in [9.17, 15) is 4.39 Å². The van der Waals surface area contributed by atoms with Crippen molar-refractivity contribution in [1.29, 1.82) is 0 Å². The fraction of sp³-hybridized carbons (Fsp3) is 0.571. The Balaban J connectivity index is 1.94. The van der Waals surface area contributed by atoms with E-state index in [1.165, 1.54) is 0 Å². The Labute approximate surface area is 113 Å². The van der Waals surface area contributed by atoms with Gasteiger partial charge in [0.1, 0.15) is 0 Å². The summed E-state index contributed by atoms with van der Waals surface area (Å²) in [5.74, 6) is 0.316. The third-order valence-electron chi connectivity index (χ3n) is 3.42. The van der Waals surface area contributed by atoms with Crippen LogP contribution in [0.5, 0.6) is 0 Å². The quantitative estimate of drug-likeness (QED) is 0.826. The molecule has 1 aromatic carbocycles. The molecule has 0 bridgehead atoms. The maximum absolute atomic E-state index is 13.9. The van der Waals surface area contributed by atoms with Gasteiger partial charge in [0, 0.05) is 13.1 Å². The highest BCUT2D eigenvalue weighted by Gasteiger charge is 2.24. The predicted molar refractivity (Wildman–Crippen MR) is 74.9 cm³/mol. The molecule has 1 aliphatic heterocycles. The summed E-state index contributed by atoms with van der Waals surface area (Å²) in [7, 11) is 0. The van der Waals surface area contributed by atoms with Crippen LogP contribution in [0.15, 0.2) is 18.2 Å². The fourth-order valence-electron chi connectivity index (χ4n) is 2.44. The summed E-state index contributed by atoms with van der Waals surface area (Å²) in [6.45, 7) is 6.06. The first-order valence-electron chi connectivity index (χ1n) is 6.62. The summed E-state index contributed by atoms with van der Waals surface area (Å²) in [4.78, 5) is 2.10. The van der Waals surface area contributed by atoms with E-state index in [4.69, 9.17) is 11.6 Å². The molecule has 0 radical (unpaired) electrons. The van der Waals surface area contributed by atoms with Crippen LogP contribution in [0, 0.1) is 11.7 Å². The van der Waals surface area contributed by atoms with E-state index in [1.54, 1.807) is 6.07 Å². The minimum absolute atomic E-state index is 0.208. The molecule has 1 unspecified atom stereocenters. The molecule has 0 aliphatic carbocycles. The van der Waals surface area contributed by atoms with Gasteiger partial charge in [0.2, 0.25) is 0 Å². The monoisotopic (exact) mass is 270 g/mol. The maximum atomic E-state index is 13.9. The van der Waals surface area contributed by atoms with E-state index in [0.29, 0.717) is 11.6 Å². The van der Waals surface area contributed by atoms with Crippen LogP contribution in [0.3, 0.4) is 0 Å². The Morgan fingerprint density at radius 3 is 3.11 bits per heavy atom. The molecular weight excluding hydrogens is 251 g/mol. The Morgan fingerprint density at radius 2 is 2.33 bits per heavy atom. The molecule has 1 aliphatic rings. The summed E-state index contributed by atoms with van der Waals surface area (Å²) >= 11 is 5.82. The first-order chi connectivity index (χ1) is 8.72. The van der Waals surface area contributed by atoms with Crippen molar-refractivity contribution < 1.29 is 4.39 Å². The molecule has 0 amide bonds. The second-order valence-electron chi connectivity index (χ2n) is 4.88. The fourth-order valence-corrected chi connectivity index (χ4v) is 2.61. The van der Waals surface area contributed by atoms with Crippen LogP contribution < -0.4 is 10.2 Å². The summed E-state index contributed by atoms with van der Waals surface area (Å²) < 4.78 is 13.9. The number of hydrogen-bond acceptors (Lipinski definition) is 2. The molecule has 100 valence electrons. The lowest BCUT2D eigenvalue weighted by atomic mass is 10.1. The van der Waals surface area contributed by atoms with Crippen LogP contribution >= 0.6 is 11.6 Å². The van der Waals surface area contributed by atoms with Gasteiger partial charge >= 0.3 is 0 Å². The zero-order valence-electron chi connectivity index (χ0n) is 10.8. The van der Waals surface area contributed by atoms with E-state index >= 15 is 0 Å². The zero-order valence-corrected chi connectivity index (χ0v) is 11.5. The van der Waals surface area contributed by atoms with E-state index in [-0.39, 0.29) is 10.8 Å². The van der Waals surface area contributed by atoms with Crippen molar-refractivity contribution in [3.05, 3.63) is 29.0 Å². The van der Waals surface area contributed by atoms with Crippen LogP contribution in [0.1, 0.15) is 19.8 Å². The zero-order chi connectivity index (χ0) is 13.0. The average molecular weight is 271 g/mol. The molecule has 0 spiro atoms. The highest BCUT2D eigenvalue weighted by atomic mass is 35.5. The van der Waals surface area contributed by atoms with Gasteiger partial charge < -0.3 is 10.2 Å². The molecule has 18 heavy (non-hydrogen) atoms. The van der Waals surface area contributed by atoms with Gasteiger partial charge in [-0.1, -0.05) is 24.6 Å². The number of anilines is 1. The van der Waals surface area contributed by atoms with Crippen molar-refractivity contribution >= 4 is 17.3 Å². The number of nitrogens with one attached hydrogen (secondary N) is 1. The van der Waals surface area contributed by atoms with Crippen LogP contribution in [0.4, 0.5) is 10.1 Å². The van der Waals surface area contributed by atoms with Crippen molar-refractivity contribution in [3.63, 3.8) is 0 Å². The van der Waals surface area contributed by atoms with Crippen LogP contribution in [-0.2, 0) is 0 Å². The van der Waals surface area contributed by atoms with Gasteiger partial charge in [0.25, 0.3) is 0 Å². The van der Waals surface area contributed by atoms with Crippen molar-refractivity contribution in [1.82, 2.24) is 5.32 Å². The molecular formula is C14H20ClFN2. The lowest BCUT2D eigenvalue weighted by Crippen LogP contribution is -2.27. The van der Waals surface area contributed by atoms with Gasteiger partial charge in [0.15, 0.2) is 5.82 Å². The number of halogens is 2. The Bertz CT molecular complexity index is 397. The molecule has 1 atom stereocenters. The molecule has 1 N–H and O–H groups in total. The van der Waals surface area contributed by atoms with Crippen LogP contribution in [-0.4, -0.2) is 26.2 Å². The van der Waals surface area contributed by atoms with Crippen LogP contribution in [0.25, 0.3) is 0 Å². The average Bonchev–Trinajstić information content (AvgIpc) is 2.82. The minimum Gasteiger partial charge on any atom is -0.369 e. The highest BCUT2D eigenvalue weighted by molar-refractivity contribution is 6.31. The van der Waals surface area contributed by atoms with E-state index < -0.39 is 0 Å². The van der Waals surface area contributed by atoms with Gasteiger partial charge in [-0.15, -0.1) is 0 Å². The van der Waals surface area contributed by atoms with Gasteiger partial charge in [-0.25, -0.2) is 4.39 Å². The normalized spacial score (nSPS) is 19.5. The van der Waals surface area contributed by atoms with Gasteiger partial charge in [-0.3, -0.25) is 0 Å². The third kappa shape index (κ3) is 3.15. The third-order valence-corrected chi connectivity index (χ3v) is 3.71. The molecule has 1 fully saturated rings. The summed E-state index contributed by atoms with van der Waals surface area (Å²) in [6.07, 6.45) is 2.27. The second-order valence-corrected chi connectivity index (χ2v) is 5.28. The Hall–Kier alpha value is -0.800. The molecule has 0 aromatic heterocycles. The summed E-state index contributed by atoms with van der Waals surface area (Å²) in [6, 6.07) is 5.21. The van der Waals surface area contributed by atoms with E-state index in [0.717, 1.165) is 39.0 Å². The van der Waals surface area contributed by atoms with Gasteiger partial charge in [0.05, 0.1) is 10.7 Å². The molecule has 2 rings (SSSR count). The van der Waals surface area contributed by atoms with Crippen LogP contribution in [0.2, 0.25) is 5.02 Å². The van der Waals surface area contributed by atoms with Crippen molar-refractivity contribution in [2.24, 2.45) is 5.92 Å². The molecule has 1 heterocycles. The predicted octanol–water partition coefficient (Wildman–Crippen LogP) is 3.31. The van der Waals surface area contributed by atoms with E-state index in [2.05, 4.69) is 17.1 Å². The van der Waals surface area contributed by atoms with E-state index in [1.807, 2.05) is 12.1 Å². The smallest absolute Gasteiger partial charge is 0.165 e. The lowest BCUT2D eigenvalue weighted by Gasteiger charge is -2.20. The number of rotatable bonds is 5. The first-order valence-corrected chi connectivity index (χ1v) is 6.99. The Kier molecular flexibility index (Phi) is 4.84. The topological polar surface area (TPSA) is 15.3 Å². The van der Waals surface area contributed by atoms with Crippen molar-refractivity contribution in [2.45, 2.75) is 19.8 Å². The summed E-state index contributed by atoms with van der Waals surface area (Å²) in [5, 5.41) is 3.64. The standard InChI is InChI=1S/C14H20ClFN2/c1-2-7-17-9-11-6-8-18(10-11)13-5-3-4-12(15)14(13)16/h3-5,11,17H,2,6-10H2,1H3. The molecule has 0 saturated carbocycles. The summed E-state index contributed by atoms with van der Waals surface area (Å²) in [5.41, 5.74) is 0.639. The molecule has 4 heteroatoms. The largest absolute Gasteiger partial charge is 0.369 e. The maximum Gasteiger partial charge on any atom is 0.165 e. The van der Waals surface area contributed by atoms with Crippen molar-refractivity contribution in [2.75, 3.05) is 31.1 Å². The number of nitrogens with zero attached hydrogens (tertiary/aromatic N) is 1. The lowest BCUT2D eigenvalue weighted by molar-refractivity contribution is 0.515. The second kappa shape index (κ2) is 6.39. The SMILES string of the molecule is CCCNCC1CCN(c2cccc(Cl)c2F)C1. The van der Waals surface area contributed by atoms with Gasteiger partial charge in [-0.05, 0) is 44.0 Å². The number of hydrogen-bond donors (Lipinski definition) is 1. The van der Waals surface area contributed by atoms with Crippen molar-refractivity contribution in [3.8, 4) is 0 Å². The highest BCUT2D eigenvalue weighted by Crippen LogP contribution is 2.29. The minimum atomic E-state index is -0.290. The molecule has 2 nitrogen and oxygen atoms in total. The first kappa shape index (κ1) is 13.6. The Morgan fingerprint density at radius 1 is 1.50 bits per heavy atom.